The van der Waals surface area contributed by atoms with Crippen LogP contribution in [0.15, 0.2) is 76.8 Å². The summed E-state index contributed by atoms with van der Waals surface area (Å²) in [6.07, 6.45) is 1.54. The van der Waals surface area contributed by atoms with E-state index >= 15 is 0 Å². The molecule has 0 spiro atoms. The number of nitrogens with zero attached hydrogens (tertiary/aromatic N) is 1. The smallest absolute Gasteiger partial charge is 0.266 e. The number of amides is 1. The van der Waals surface area contributed by atoms with Crippen molar-refractivity contribution in [3.05, 3.63) is 99.0 Å². The lowest BCUT2D eigenvalue weighted by atomic mass is 10.1. The van der Waals surface area contributed by atoms with Gasteiger partial charge in [-0.3, -0.25) is 4.79 Å². The molecule has 0 aliphatic rings. The van der Waals surface area contributed by atoms with Gasteiger partial charge in [-0.1, -0.05) is 63.5 Å². The number of nitrogens with one attached hydrogen (secondary N) is 1. The van der Waals surface area contributed by atoms with Crippen molar-refractivity contribution in [1.29, 1.82) is 5.26 Å². The number of hydrogen-bond donors (Lipinski definition) is 1. The van der Waals surface area contributed by atoms with Crippen molar-refractivity contribution in [3.8, 4) is 11.8 Å². The Hall–Kier alpha value is -3.36. The Labute approximate surface area is 184 Å². The number of benzene rings is 3. The highest BCUT2D eigenvalue weighted by Gasteiger charge is 2.12. The molecule has 30 heavy (non-hydrogen) atoms. The summed E-state index contributed by atoms with van der Waals surface area (Å²) in [6, 6.07) is 23.0. The Kier molecular flexibility index (Phi) is 7.05. The number of carbonyl (C=O) groups is 1. The van der Waals surface area contributed by atoms with Crippen molar-refractivity contribution in [3.63, 3.8) is 0 Å². The Morgan fingerprint density at radius 2 is 1.83 bits per heavy atom. The van der Waals surface area contributed by atoms with Gasteiger partial charge in [0.2, 0.25) is 0 Å². The van der Waals surface area contributed by atoms with Crippen LogP contribution in [0.1, 0.15) is 22.3 Å². The van der Waals surface area contributed by atoms with Crippen LogP contribution >= 0.6 is 15.9 Å². The van der Waals surface area contributed by atoms with Crippen LogP contribution in [0, 0.1) is 25.2 Å². The minimum Gasteiger partial charge on any atom is -0.488 e. The number of ether oxygens (including phenoxy) is 1. The van der Waals surface area contributed by atoms with E-state index in [1.165, 1.54) is 0 Å². The number of aryl methyl sites for hydroxylation is 2. The second-order valence-corrected chi connectivity index (χ2v) is 7.87. The van der Waals surface area contributed by atoms with E-state index in [0.29, 0.717) is 23.6 Å². The SMILES string of the molecule is Cc1ccc(NC(=O)/C(C#N)=C/c2cc(Br)ccc2OCc2cccc(C)c2)cc1. The zero-order valence-electron chi connectivity index (χ0n) is 16.8. The van der Waals surface area contributed by atoms with E-state index < -0.39 is 5.91 Å². The minimum atomic E-state index is -0.467. The summed E-state index contributed by atoms with van der Waals surface area (Å²) in [5.41, 5.74) is 4.57. The average Bonchev–Trinajstić information content (AvgIpc) is 2.73. The summed E-state index contributed by atoms with van der Waals surface area (Å²) in [5.74, 6) is 0.126. The highest BCUT2D eigenvalue weighted by Crippen LogP contribution is 2.27. The van der Waals surface area contributed by atoms with E-state index in [1.807, 2.05) is 68.4 Å². The van der Waals surface area contributed by atoms with Crippen LogP contribution in [0.5, 0.6) is 5.75 Å². The molecule has 150 valence electrons. The van der Waals surface area contributed by atoms with Crippen molar-refractivity contribution in [2.75, 3.05) is 5.32 Å². The first-order valence-electron chi connectivity index (χ1n) is 9.42. The largest absolute Gasteiger partial charge is 0.488 e. The third-order valence-corrected chi connectivity index (χ3v) is 4.92. The zero-order valence-corrected chi connectivity index (χ0v) is 18.4. The predicted molar refractivity (Wildman–Crippen MR) is 123 cm³/mol. The monoisotopic (exact) mass is 460 g/mol. The summed E-state index contributed by atoms with van der Waals surface area (Å²) in [7, 11) is 0. The third-order valence-electron chi connectivity index (χ3n) is 4.42. The van der Waals surface area contributed by atoms with Gasteiger partial charge >= 0.3 is 0 Å². The number of nitriles is 1. The highest BCUT2D eigenvalue weighted by atomic mass is 79.9. The quantitative estimate of drug-likeness (QED) is 0.352. The summed E-state index contributed by atoms with van der Waals surface area (Å²) in [4.78, 5) is 12.6. The molecule has 0 aliphatic carbocycles. The molecule has 0 radical (unpaired) electrons. The van der Waals surface area contributed by atoms with Gasteiger partial charge in [0.15, 0.2) is 0 Å². The summed E-state index contributed by atoms with van der Waals surface area (Å²) in [5, 5.41) is 12.3. The maximum Gasteiger partial charge on any atom is 0.266 e. The molecule has 1 amide bonds. The number of rotatable bonds is 6. The molecular formula is C25H21BrN2O2. The van der Waals surface area contributed by atoms with Crippen molar-refractivity contribution >= 4 is 33.6 Å². The first-order valence-corrected chi connectivity index (χ1v) is 10.2. The molecule has 0 saturated carbocycles. The van der Waals surface area contributed by atoms with Crippen LogP contribution in [-0.2, 0) is 11.4 Å². The topological polar surface area (TPSA) is 62.1 Å². The Morgan fingerprint density at radius 1 is 1.07 bits per heavy atom. The molecule has 0 heterocycles. The fourth-order valence-electron chi connectivity index (χ4n) is 2.87. The maximum atomic E-state index is 12.6. The van der Waals surface area contributed by atoms with Crippen LogP contribution in [0.25, 0.3) is 6.08 Å². The van der Waals surface area contributed by atoms with Gasteiger partial charge < -0.3 is 10.1 Å². The van der Waals surface area contributed by atoms with Gasteiger partial charge in [-0.15, -0.1) is 0 Å². The molecule has 4 nitrogen and oxygen atoms in total. The lowest BCUT2D eigenvalue weighted by molar-refractivity contribution is -0.112. The second-order valence-electron chi connectivity index (χ2n) is 6.95. The van der Waals surface area contributed by atoms with Crippen molar-refractivity contribution < 1.29 is 9.53 Å². The van der Waals surface area contributed by atoms with Gasteiger partial charge in [-0.2, -0.15) is 5.26 Å². The normalized spacial score (nSPS) is 10.9. The van der Waals surface area contributed by atoms with E-state index in [9.17, 15) is 10.1 Å². The van der Waals surface area contributed by atoms with Crippen LogP contribution in [0.4, 0.5) is 5.69 Å². The van der Waals surface area contributed by atoms with Crippen molar-refractivity contribution in [1.82, 2.24) is 0 Å². The fourth-order valence-corrected chi connectivity index (χ4v) is 3.24. The van der Waals surface area contributed by atoms with Crippen LogP contribution in [0.2, 0.25) is 0 Å². The molecule has 0 saturated heterocycles. The van der Waals surface area contributed by atoms with E-state index in [1.54, 1.807) is 18.2 Å². The second kappa shape index (κ2) is 9.91. The van der Waals surface area contributed by atoms with E-state index in [4.69, 9.17) is 4.74 Å². The van der Waals surface area contributed by atoms with Gasteiger partial charge in [0.1, 0.15) is 24.0 Å². The van der Waals surface area contributed by atoms with Gasteiger partial charge in [0.25, 0.3) is 5.91 Å². The highest BCUT2D eigenvalue weighted by molar-refractivity contribution is 9.10. The molecular weight excluding hydrogens is 440 g/mol. The number of carbonyl (C=O) groups excluding carboxylic acids is 1. The molecule has 3 aromatic carbocycles. The zero-order chi connectivity index (χ0) is 21.5. The van der Waals surface area contributed by atoms with Crippen LogP contribution in [-0.4, -0.2) is 5.91 Å². The van der Waals surface area contributed by atoms with Crippen molar-refractivity contribution in [2.24, 2.45) is 0 Å². The van der Waals surface area contributed by atoms with E-state index in [2.05, 4.69) is 27.3 Å². The lowest BCUT2D eigenvalue weighted by Crippen LogP contribution is -2.13. The van der Waals surface area contributed by atoms with Gasteiger partial charge in [0, 0.05) is 15.7 Å². The molecule has 5 heteroatoms. The molecule has 1 N–H and O–H groups in total. The minimum absolute atomic E-state index is 0.00548. The lowest BCUT2D eigenvalue weighted by Gasteiger charge is -2.11. The molecule has 0 atom stereocenters. The molecule has 0 bridgehead atoms. The molecule has 0 aliphatic heterocycles. The number of hydrogen-bond acceptors (Lipinski definition) is 3. The number of anilines is 1. The standard InChI is InChI=1S/C25H21BrN2O2/c1-17-6-9-23(10-7-17)28-25(29)21(15-27)13-20-14-22(26)8-11-24(20)30-16-19-5-3-4-18(2)12-19/h3-14H,16H2,1-2H3,(H,28,29)/b21-13+. The first-order chi connectivity index (χ1) is 14.4. The Balaban J connectivity index is 1.82. The van der Waals surface area contributed by atoms with Crippen molar-refractivity contribution in [2.45, 2.75) is 20.5 Å². The molecule has 0 unspecified atom stereocenters. The summed E-state index contributed by atoms with van der Waals surface area (Å²) < 4.78 is 6.81. The Morgan fingerprint density at radius 3 is 2.53 bits per heavy atom. The Bertz CT molecular complexity index is 1130. The summed E-state index contributed by atoms with van der Waals surface area (Å²) in [6.45, 7) is 4.39. The molecule has 0 fully saturated rings. The molecule has 3 rings (SSSR count). The van der Waals surface area contributed by atoms with Gasteiger partial charge in [-0.05, 0) is 55.8 Å². The first kappa shape index (κ1) is 21.4. The molecule has 3 aromatic rings. The van der Waals surface area contributed by atoms with Gasteiger partial charge in [-0.25, -0.2) is 0 Å². The molecule has 0 aromatic heterocycles. The van der Waals surface area contributed by atoms with Crippen LogP contribution < -0.4 is 10.1 Å². The maximum absolute atomic E-state index is 12.6. The van der Waals surface area contributed by atoms with Crippen LogP contribution in [0.3, 0.4) is 0 Å². The number of halogens is 1. The predicted octanol–water partition coefficient (Wildman–Crippen LogP) is 6.19. The fraction of sp³-hybridized carbons (Fsp3) is 0.120. The average molecular weight is 461 g/mol. The van der Waals surface area contributed by atoms with E-state index in [-0.39, 0.29) is 5.57 Å². The third kappa shape index (κ3) is 5.82. The van der Waals surface area contributed by atoms with E-state index in [0.717, 1.165) is 21.2 Å². The summed E-state index contributed by atoms with van der Waals surface area (Å²) >= 11 is 3.44. The van der Waals surface area contributed by atoms with Gasteiger partial charge in [0.05, 0.1) is 0 Å².